The monoisotopic (exact) mass is 556 g/mol. The summed E-state index contributed by atoms with van der Waals surface area (Å²) in [5.74, 6) is 1.52. The van der Waals surface area contributed by atoms with Crippen molar-refractivity contribution in [3.8, 4) is 0 Å². The molecule has 39 heavy (non-hydrogen) atoms. The van der Waals surface area contributed by atoms with Crippen LogP contribution in [0.25, 0.3) is 0 Å². The minimum atomic E-state index is -2.52. The maximum absolute atomic E-state index is 14.0. The minimum absolute atomic E-state index is 0. The summed E-state index contributed by atoms with van der Waals surface area (Å²) in [4.78, 5) is 29.2. The lowest BCUT2D eigenvalue weighted by Crippen LogP contribution is -3.00. The molecule has 0 saturated carbocycles. The number of halogens is 1. The zero-order chi connectivity index (χ0) is 26.2. The molecule has 0 atom stereocenters. The molecular formula is C32H30ClN2O3P. The largest absolute Gasteiger partial charge is 1.00 e. The number of nitrogens with zero attached hydrogens (tertiary/aromatic N) is 1. The zero-order valence-corrected chi connectivity index (χ0v) is 23.1. The van der Waals surface area contributed by atoms with Crippen LogP contribution in [0.4, 0.5) is 0 Å². The highest BCUT2D eigenvalue weighted by Crippen LogP contribution is 2.57. The quantitative estimate of drug-likeness (QED) is 0.274. The Hall–Kier alpha value is -3.76. The second kappa shape index (κ2) is 13.3. The number of carbonyl (C=O) groups is 2. The van der Waals surface area contributed by atoms with Crippen LogP contribution in [0.1, 0.15) is 10.4 Å². The highest BCUT2D eigenvalue weighted by molar-refractivity contribution is 7.98. The molecule has 2 amide bonds. The van der Waals surface area contributed by atoms with E-state index in [0.29, 0.717) is 31.9 Å². The molecular weight excluding hydrogens is 527 g/mol. The summed E-state index contributed by atoms with van der Waals surface area (Å²) in [5.41, 5.74) is 0.780. The summed E-state index contributed by atoms with van der Waals surface area (Å²) >= 11 is 0. The summed E-state index contributed by atoms with van der Waals surface area (Å²) in [6.07, 6.45) is 0. The highest BCUT2D eigenvalue weighted by Gasteiger charge is 2.45. The summed E-state index contributed by atoms with van der Waals surface area (Å²) in [6.45, 7) is 1.90. The van der Waals surface area contributed by atoms with Gasteiger partial charge < -0.3 is 27.4 Å². The number of amides is 2. The van der Waals surface area contributed by atoms with E-state index in [4.69, 9.17) is 4.74 Å². The standard InChI is InChI=1S/C32H29N2O3P.ClH/c35-31(26-13-5-1-6-14-26)33-30(32(36)34-21-23-37-24-22-34)25-38(27-15-7-2-8-16-27,28-17-9-3-10-18-28)29-19-11-4-12-20-29;/h1-20,25H,21-24H2;1H/b30-25-;. The van der Waals surface area contributed by atoms with Crippen LogP contribution >= 0.6 is 7.26 Å². The number of morpholine rings is 1. The lowest BCUT2D eigenvalue weighted by molar-refractivity contribution is -0.131. The van der Waals surface area contributed by atoms with Gasteiger partial charge >= 0.3 is 0 Å². The Bertz CT molecular complexity index is 1300. The van der Waals surface area contributed by atoms with Gasteiger partial charge in [-0.1, -0.05) is 72.8 Å². The fourth-order valence-corrected chi connectivity index (χ4v) is 8.55. The summed E-state index contributed by atoms with van der Waals surface area (Å²) in [6, 6.07) is 39.8. The predicted octanol–water partition coefficient (Wildman–Crippen LogP) is 1.11. The first-order valence-electron chi connectivity index (χ1n) is 12.7. The fourth-order valence-electron chi connectivity index (χ4n) is 4.72. The molecule has 0 bridgehead atoms. The number of hydrogen-bond acceptors (Lipinski definition) is 3. The van der Waals surface area contributed by atoms with Gasteiger partial charge in [0.15, 0.2) is 0 Å². The summed E-state index contributed by atoms with van der Waals surface area (Å²) in [5, 5.41) is 6.30. The molecule has 0 aliphatic carbocycles. The molecule has 4 aromatic carbocycles. The van der Waals surface area contributed by atoms with Crippen molar-refractivity contribution in [3.05, 3.63) is 138 Å². The van der Waals surface area contributed by atoms with Crippen LogP contribution in [0.15, 0.2) is 133 Å². The third-order valence-electron chi connectivity index (χ3n) is 6.63. The average Bonchev–Trinajstić information content (AvgIpc) is 3.01. The molecule has 198 valence electrons. The molecule has 1 aliphatic heterocycles. The predicted molar refractivity (Wildman–Crippen MR) is 155 cm³/mol. The maximum Gasteiger partial charge on any atom is 0.274 e. The number of rotatable bonds is 7. The van der Waals surface area contributed by atoms with Crippen molar-refractivity contribution in [2.24, 2.45) is 0 Å². The van der Waals surface area contributed by atoms with Gasteiger partial charge in [0.1, 0.15) is 34.7 Å². The highest BCUT2D eigenvalue weighted by atomic mass is 35.5. The molecule has 0 radical (unpaired) electrons. The van der Waals surface area contributed by atoms with Gasteiger partial charge in [-0.15, -0.1) is 0 Å². The topological polar surface area (TPSA) is 58.6 Å². The third-order valence-corrected chi connectivity index (χ3v) is 10.6. The Balaban J connectivity index is 0.00000353. The van der Waals surface area contributed by atoms with E-state index >= 15 is 0 Å². The van der Waals surface area contributed by atoms with E-state index in [-0.39, 0.29) is 29.9 Å². The Morgan fingerprint density at radius 2 is 1.08 bits per heavy atom. The van der Waals surface area contributed by atoms with Crippen LogP contribution in [0, 0.1) is 0 Å². The maximum atomic E-state index is 14.0. The van der Waals surface area contributed by atoms with Crippen LogP contribution in [-0.2, 0) is 9.53 Å². The smallest absolute Gasteiger partial charge is 0.274 e. The molecule has 0 spiro atoms. The third kappa shape index (κ3) is 6.29. The first-order valence-corrected chi connectivity index (χ1v) is 14.6. The van der Waals surface area contributed by atoms with E-state index in [1.807, 2.05) is 78.6 Å². The SMILES string of the molecule is O=C(N/C(=C\[P+](c1ccccc1)(c1ccccc1)c1ccccc1)C(=O)N1CCOCC1)c1ccccc1.[Cl-]. The second-order valence-electron chi connectivity index (χ2n) is 9.00. The van der Waals surface area contributed by atoms with E-state index in [0.717, 1.165) is 15.9 Å². The van der Waals surface area contributed by atoms with Crippen LogP contribution in [0.2, 0.25) is 0 Å². The zero-order valence-electron chi connectivity index (χ0n) is 21.4. The normalized spacial score (nSPS) is 13.7. The Kier molecular flexibility index (Phi) is 9.67. The summed E-state index contributed by atoms with van der Waals surface area (Å²) in [7, 11) is -2.52. The van der Waals surface area contributed by atoms with Crippen molar-refractivity contribution in [2.45, 2.75) is 0 Å². The first-order chi connectivity index (χ1) is 18.7. The van der Waals surface area contributed by atoms with E-state index < -0.39 is 7.26 Å². The van der Waals surface area contributed by atoms with E-state index in [1.165, 1.54) is 0 Å². The van der Waals surface area contributed by atoms with Gasteiger partial charge in [0.25, 0.3) is 11.8 Å². The molecule has 1 saturated heterocycles. The molecule has 1 aliphatic rings. The lowest BCUT2D eigenvalue weighted by atomic mass is 10.2. The number of carbonyl (C=O) groups excluding carboxylic acids is 2. The van der Waals surface area contributed by atoms with Gasteiger partial charge in [0.2, 0.25) is 0 Å². The molecule has 5 rings (SSSR count). The second-order valence-corrected chi connectivity index (χ2v) is 12.2. The van der Waals surface area contributed by atoms with Gasteiger partial charge in [0.05, 0.1) is 13.2 Å². The van der Waals surface area contributed by atoms with Gasteiger partial charge in [-0.2, -0.15) is 0 Å². The number of ether oxygens (including phenoxy) is 1. The fraction of sp³-hybridized carbons (Fsp3) is 0.125. The van der Waals surface area contributed by atoms with Gasteiger partial charge in [-0.3, -0.25) is 9.59 Å². The van der Waals surface area contributed by atoms with E-state index in [2.05, 4.69) is 41.7 Å². The molecule has 1 heterocycles. The van der Waals surface area contributed by atoms with Crippen molar-refractivity contribution < 1.29 is 26.7 Å². The van der Waals surface area contributed by atoms with Crippen LogP contribution in [-0.4, -0.2) is 43.0 Å². The van der Waals surface area contributed by atoms with Crippen molar-refractivity contribution in [2.75, 3.05) is 26.3 Å². The Labute approximate surface area is 236 Å². The van der Waals surface area contributed by atoms with E-state index in [9.17, 15) is 9.59 Å². The van der Waals surface area contributed by atoms with Crippen molar-refractivity contribution in [1.82, 2.24) is 10.2 Å². The molecule has 7 heteroatoms. The van der Waals surface area contributed by atoms with Crippen LogP contribution in [0.5, 0.6) is 0 Å². The molecule has 1 N–H and O–H groups in total. The van der Waals surface area contributed by atoms with Gasteiger partial charge in [-0.25, -0.2) is 0 Å². The number of nitrogens with one attached hydrogen (secondary N) is 1. The molecule has 0 aromatic heterocycles. The lowest BCUT2D eigenvalue weighted by Gasteiger charge is -2.29. The summed E-state index contributed by atoms with van der Waals surface area (Å²) < 4.78 is 5.50. The van der Waals surface area contributed by atoms with Crippen LogP contribution < -0.4 is 33.6 Å². The van der Waals surface area contributed by atoms with Gasteiger partial charge in [0, 0.05) is 18.7 Å². The van der Waals surface area contributed by atoms with Crippen molar-refractivity contribution in [1.29, 1.82) is 0 Å². The van der Waals surface area contributed by atoms with E-state index in [1.54, 1.807) is 17.0 Å². The average molecular weight is 557 g/mol. The molecule has 0 unspecified atom stereocenters. The number of benzene rings is 4. The first kappa shape index (κ1) is 28.3. The molecule has 1 fully saturated rings. The Morgan fingerprint density at radius 3 is 1.51 bits per heavy atom. The van der Waals surface area contributed by atoms with Crippen LogP contribution in [0.3, 0.4) is 0 Å². The molecule has 5 nitrogen and oxygen atoms in total. The number of hydrogen-bond donors (Lipinski definition) is 1. The molecule has 4 aromatic rings. The van der Waals surface area contributed by atoms with Crippen molar-refractivity contribution >= 4 is 35.0 Å². The minimum Gasteiger partial charge on any atom is -1.00 e. The Morgan fingerprint density at radius 1 is 0.667 bits per heavy atom. The van der Waals surface area contributed by atoms with Crippen molar-refractivity contribution in [3.63, 3.8) is 0 Å². The van der Waals surface area contributed by atoms with Gasteiger partial charge in [-0.05, 0) is 48.5 Å².